The highest BCUT2D eigenvalue weighted by atomic mass is 35.5. The number of amides is 1. The third kappa shape index (κ3) is 4.02. The van der Waals surface area contributed by atoms with Crippen molar-refractivity contribution < 1.29 is 9.18 Å². The number of carbonyl (C=O) groups is 1. The first-order valence-electron chi connectivity index (χ1n) is 9.26. The number of benzene rings is 3. The summed E-state index contributed by atoms with van der Waals surface area (Å²) in [5.74, 6) is -0.651. The quantitative estimate of drug-likeness (QED) is 0.366. The summed E-state index contributed by atoms with van der Waals surface area (Å²) in [5.41, 5.74) is 4.91. The van der Waals surface area contributed by atoms with Crippen LogP contribution in [0.2, 0.25) is 10.0 Å². The molecule has 30 heavy (non-hydrogen) atoms. The van der Waals surface area contributed by atoms with E-state index >= 15 is 0 Å². The van der Waals surface area contributed by atoms with E-state index in [4.69, 9.17) is 28.2 Å². The fraction of sp³-hybridized carbons (Fsp3) is 0.0833. The van der Waals surface area contributed by atoms with Crippen LogP contribution in [0.25, 0.3) is 22.2 Å². The average Bonchev–Trinajstić information content (AvgIpc) is 2.70. The Hall–Kier alpha value is -2.95. The van der Waals surface area contributed by atoms with E-state index in [1.54, 1.807) is 36.4 Å². The fourth-order valence-electron chi connectivity index (χ4n) is 3.42. The molecule has 0 saturated carbocycles. The Morgan fingerprint density at radius 3 is 2.40 bits per heavy atom. The van der Waals surface area contributed by atoms with E-state index in [-0.39, 0.29) is 11.7 Å². The second kappa shape index (κ2) is 8.05. The van der Waals surface area contributed by atoms with Gasteiger partial charge in [-0.15, -0.1) is 0 Å². The molecular weight excluding hydrogens is 422 g/mol. The predicted octanol–water partition coefficient (Wildman–Crippen LogP) is 7.22. The van der Waals surface area contributed by atoms with Gasteiger partial charge in [-0.1, -0.05) is 34.8 Å². The number of hydrogen-bond donors (Lipinski definition) is 1. The van der Waals surface area contributed by atoms with Gasteiger partial charge in [0, 0.05) is 16.0 Å². The molecule has 4 aromatic rings. The minimum Gasteiger partial charge on any atom is -0.321 e. The van der Waals surface area contributed by atoms with Gasteiger partial charge in [0.05, 0.1) is 27.5 Å². The Kier molecular flexibility index (Phi) is 5.46. The van der Waals surface area contributed by atoms with Gasteiger partial charge in [-0.05, 0) is 74.0 Å². The standard InChI is InChI=1S/C24H17Cl2FN2O/c1-13-9-14(2)23-18(10-13)19(12-22(28-23)15-3-6-17(27)7-4-15)24(30)29-21-8-5-16(25)11-20(21)26/h3-12H,1-2H3,(H,29,30). The zero-order chi connectivity index (χ0) is 21.4. The van der Waals surface area contributed by atoms with Crippen LogP contribution in [0.4, 0.5) is 10.1 Å². The van der Waals surface area contributed by atoms with E-state index < -0.39 is 0 Å². The van der Waals surface area contributed by atoms with Crippen LogP contribution in [0.1, 0.15) is 21.5 Å². The van der Waals surface area contributed by atoms with Gasteiger partial charge in [0.2, 0.25) is 0 Å². The van der Waals surface area contributed by atoms with Gasteiger partial charge in [0.1, 0.15) is 5.82 Å². The molecule has 1 N–H and O–H groups in total. The summed E-state index contributed by atoms with van der Waals surface area (Å²) >= 11 is 12.2. The van der Waals surface area contributed by atoms with Crippen molar-refractivity contribution in [3.63, 3.8) is 0 Å². The fourth-order valence-corrected chi connectivity index (χ4v) is 3.87. The predicted molar refractivity (Wildman–Crippen MR) is 121 cm³/mol. The van der Waals surface area contributed by atoms with Crippen molar-refractivity contribution in [3.8, 4) is 11.3 Å². The van der Waals surface area contributed by atoms with E-state index in [1.165, 1.54) is 12.1 Å². The molecule has 0 aliphatic rings. The maximum absolute atomic E-state index is 13.4. The van der Waals surface area contributed by atoms with Crippen LogP contribution in [0.5, 0.6) is 0 Å². The van der Waals surface area contributed by atoms with Crippen LogP contribution >= 0.6 is 23.2 Å². The van der Waals surface area contributed by atoms with Crippen molar-refractivity contribution in [2.45, 2.75) is 13.8 Å². The van der Waals surface area contributed by atoms with Crippen LogP contribution in [0, 0.1) is 19.7 Å². The molecule has 1 heterocycles. The summed E-state index contributed by atoms with van der Waals surface area (Å²) in [5, 5.41) is 4.42. The second-order valence-corrected chi connectivity index (χ2v) is 7.96. The lowest BCUT2D eigenvalue weighted by Gasteiger charge is -2.14. The highest BCUT2D eigenvalue weighted by Crippen LogP contribution is 2.30. The van der Waals surface area contributed by atoms with Crippen LogP contribution in [0.3, 0.4) is 0 Å². The molecule has 0 saturated heterocycles. The molecule has 0 unspecified atom stereocenters. The first-order valence-corrected chi connectivity index (χ1v) is 10.0. The van der Waals surface area contributed by atoms with Gasteiger partial charge >= 0.3 is 0 Å². The lowest BCUT2D eigenvalue weighted by atomic mass is 9.99. The lowest BCUT2D eigenvalue weighted by molar-refractivity contribution is 0.102. The molecule has 0 aliphatic carbocycles. The van der Waals surface area contributed by atoms with Gasteiger partial charge in [0.25, 0.3) is 5.91 Å². The number of pyridine rings is 1. The number of hydrogen-bond acceptors (Lipinski definition) is 2. The molecule has 3 aromatic carbocycles. The number of fused-ring (bicyclic) bond motifs is 1. The number of halogens is 3. The van der Waals surface area contributed by atoms with Gasteiger partial charge in [-0.25, -0.2) is 9.37 Å². The van der Waals surface area contributed by atoms with Crippen molar-refractivity contribution in [3.05, 3.63) is 93.2 Å². The maximum atomic E-state index is 13.4. The summed E-state index contributed by atoms with van der Waals surface area (Å²) in [6.45, 7) is 3.92. The number of rotatable bonds is 3. The second-order valence-electron chi connectivity index (χ2n) is 7.12. The van der Waals surface area contributed by atoms with Crippen molar-refractivity contribution in [2.24, 2.45) is 0 Å². The monoisotopic (exact) mass is 438 g/mol. The van der Waals surface area contributed by atoms with E-state index in [9.17, 15) is 9.18 Å². The number of nitrogens with one attached hydrogen (secondary N) is 1. The van der Waals surface area contributed by atoms with E-state index in [0.717, 1.165) is 27.6 Å². The number of aryl methyl sites for hydroxylation is 2. The molecule has 0 bridgehead atoms. The number of carbonyl (C=O) groups excluding carboxylic acids is 1. The SMILES string of the molecule is Cc1cc(C)c2nc(-c3ccc(F)cc3)cc(C(=O)Nc3ccc(Cl)cc3Cl)c2c1. The van der Waals surface area contributed by atoms with E-state index in [1.807, 2.05) is 26.0 Å². The van der Waals surface area contributed by atoms with E-state index in [0.29, 0.717) is 27.0 Å². The van der Waals surface area contributed by atoms with Crippen molar-refractivity contribution in [1.82, 2.24) is 4.98 Å². The molecule has 0 spiro atoms. The van der Waals surface area contributed by atoms with Crippen LogP contribution in [-0.2, 0) is 0 Å². The summed E-state index contributed by atoms with van der Waals surface area (Å²) in [4.78, 5) is 18.0. The molecule has 4 rings (SSSR count). The highest BCUT2D eigenvalue weighted by Gasteiger charge is 2.17. The molecule has 0 atom stereocenters. The zero-order valence-electron chi connectivity index (χ0n) is 16.3. The third-order valence-electron chi connectivity index (χ3n) is 4.81. The Balaban J connectivity index is 1.87. The lowest BCUT2D eigenvalue weighted by Crippen LogP contribution is -2.13. The average molecular weight is 439 g/mol. The topological polar surface area (TPSA) is 42.0 Å². The molecule has 1 aromatic heterocycles. The number of anilines is 1. The van der Waals surface area contributed by atoms with Crippen LogP contribution in [0.15, 0.2) is 60.7 Å². The molecular formula is C24H17Cl2FN2O. The first-order chi connectivity index (χ1) is 14.3. The summed E-state index contributed by atoms with van der Waals surface area (Å²) in [6, 6.07) is 16.6. The zero-order valence-corrected chi connectivity index (χ0v) is 17.8. The summed E-state index contributed by atoms with van der Waals surface area (Å²) < 4.78 is 13.4. The van der Waals surface area contributed by atoms with Gasteiger partial charge < -0.3 is 5.32 Å². The minimum atomic E-state index is -0.332. The van der Waals surface area contributed by atoms with Gasteiger partial charge in [0.15, 0.2) is 0 Å². The number of nitrogens with zero attached hydrogens (tertiary/aromatic N) is 1. The largest absolute Gasteiger partial charge is 0.321 e. The molecule has 0 radical (unpaired) electrons. The maximum Gasteiger partial charge on any atom is 0.256 e. The smallest absolute Gasteiger partial charge is 0.256 e. The van der Waals surface area contributed by atoms with Crippen molar-refractivity contribution >= 4 is 45.7 Å². The summed E-state index contributed by atoms with van der Waals surface area (Å²) in [6.07, 6.45) is 0. The Morgan fingerprint density at radius 1 is 0.967 bits per heavy atom. The Morgan fingerprint density at radius 2 is 1.70 bits per heavy atom. The molecule has 0 fully saturated rings. The molecule has 1 amide bonds. The first kappa shape index (κ1) is 20.3. The Labute approximate surface area is 183 Å². The molecule has 0 aliphatic heterocycles. The number of aromatic nitrogens is 1. The van der Waals surface area contributed by atoms with Crippen molar-refractivity contribution in [1.29, 1.82) is 0 Å². The normalized spacial score (nSPS) is 11.0. The minimum absolute atomic E-state index is 0.319. The molecule has 6 heteroatoms. The summed E-state index contributed by atoms with van der Waals surface area (Å²) in [7, 11) is 0. The highest BCUT2D eigenvalue weighted by molar-refractivity contribution is 6.37. The van der Waals surface area contributed by atoms with Gasteiger partial charge in [-0.3, -0.25) is 4.79 Å². The molecule has 150 valence electrons. The van der Waals surface area contributed by atoms with Crippen molar-refractivity contribution in [2.75, 3.05) is 5.32 Å². The van der Waals surface area contributed by atoms with Crippen LogP contribution in [-0.4, -0.2) is 10.9 Å². The molecule has 3 nitrogen and oxygen atoms in total. The van der Waals surface area contributed by atoms with Crippen LogP contribution < -0.4 is 5.32 Å². The third-order valence-corrected chi connectivity index (χ3v) is 5.36. The van der Waals surface area contributed by atoms with Gasteiger partial charge in [-0.2, -0.15) is 0 Å². The van der Waals surface area contributed by atoms with E-state index in [2.05, 4.69) is 5.32 Å². The Bertz CT molecular complexity index is 1290.